The first-order valence-corrected chi connectivity index (χ1v) is 5.56. The number of amides is 1. The molecule has 0 aromatic heterocycles. The van der Waals surface area contributed by atoms with Crippen LogP contribution in [-0.2, 0) is 14.3 Å². The van der Waals surface area contributed by atoms with E-state index in [9.17, 15) is 9.59 Å². The highest BCUT2D eigenvalue weighted by molar-refractivity contribution is 5.77. The second-order valence-corrected chi connectivity index (χ2v) is 4.03. The van der Waals surface area contributed by atoms with Crippen molar-refractivity contribution >= 4 is 11.9 Å². The molecule has 1 rings (SSSR count). The molecule has 15 heavy (non-hydrogen) atoms. The minimum absolute atomic E-state index is 0.0609. The van der Waals surface area contributed by atoms with E-state index in [0.717, 1.165) is 0 Å². The monoisotopic (exact) mass is 213 g/mol. The normalized spacial score (nSPS) is 16.3. The van der Waals surface area contributed by atoms with E-state index >= 15 is 0 Å². The molecule has 0 atom stereocenters. The summed E-state index contributed by atoms with van der Waals surface area (Å²) in [5.74, 6) is 0.338. The van der Waals surface area contributed by atoms with Crippen LogP contribution in [0, 0.1) is 5.92 Å². The van der Waals surface area contributed by atoms with Gasteiger partial charge in [-0.2, -0.15) is 0 Å². The molecule has 4 nitrogen and oxygen atoms in total. The van der Waals surface area contributed by atoms with Gasteiger partial charge in [-0.3, -0.25) is 9.59 Å². The molecule has 0 saturated heterocycles. The molecule has 0 bridgehead atoms. The Hall–Kier alpha value is -1.06. The molecule has 0 aromatic carbocycles. The van der Waals surface area contributed by atoms with Crippen LogP contribution < -0.4 is 5.32 Å². The van der Waals surface area contributed by atoms with Gasteiger partial charge in [0.1, 0.15) is 0 Å². The lowest BCUT2D eigenvalue weighted by atomic mass is 10.0. The summed E-state index contributed by atoms with van der Waals surface area (Å²) in [6.07, 6.45) is 5.71. The molecule has 0 radical (unpaired) electrons. The minimum Gasteiger partial charge on any atom is -0.469 e. The Kier molecular flexibility index (Phi) is 5.15. The number of methoxy groups -OCH3 is 1. The van der Waals surface area contributed by atoms with Crippen molar-refractivity contribution in [3.05, 3.63) is 0 Å². The van der Waals surface area contributed by atoms with Crippen LogP contribution in [0.25, 0.3) is 0 Å². The number of carbonyl (C=O) groups excluding carboxylic acids is 2. The van der Waals surface area contributed by atoms with Gasteiger partial charge in [0, 0.05) is 13.0 Å². The first-order chi connectivity index (χ1) is 7.22. The maximum absolute atomic E-state index is 11.4. The van der Waals surface area contributed by atoms with E-state index in [-0.39, 0.29) is 18.3 Å². The van der Waals surface area contributed by atoms with Crippen LogP contribution in [0.5, 0.6) is 0 Å². The molecule has 1 amide bonds. The smallest absolute Gasteiger partial charge is 0.307 e. The van der Waals surface area contributed by atoms with Gasteiger partial charge in [-0.1, -0.05) is 12.8 Å². The quantitative estimate of drug-likeness (QED) is 0.699. The molecule has 86 valence electrons. The van der Waals surface area contributed by atoms with E-state index in [4.69, 9.17) is 0 Å². The topological polar surface area (TPSA) is 55.4 Å². The Morgan fingerprint density at radius 3 is 2.60 bits per heavy atom. The molecule has 1 aliphatic rings. The Bertz CT molecular complexity index is 222. The first kappa shape index (κ1) is 12.0. The summed E-state index contributed by atoms with van der Waals surface area (Å²) in [5.41, 5.74) is 0. The second-order valence-electron chi connectivity index (χ2n) is 4.03. The van der Waals surface area contributed by atoms with Crippen molar-refractivity contribution < 1.29 is 14.3 Å². The van der Waals surface area contributed by atoms with Crippen molar-refractivity contribution in [2.75, 3.05) is 13.7 Å². The van der Waals surface area contributed by atoms with Crippen LogP contribution in [0.4, 0.5) is 0 Å². The van der Waals surface area contributed by atoms with Crippen molar-refractivity contribution in [1.29, 1.82) is 0 Å². The standard InChI is InChI=1S/C11H19NO3/c1-15-11(14)6-7-12-10(13)8-9-4-2-3-5-9/h9H,2-8H2,1H3,(H,12,13). The van der Waals surface area contributed by atoms with Crippen LogP contribution in [-0.4, -0.2) is 25.5 Å². The first-order valence-electron chi connectivity index (χ1n) is 5.56. The summed E-state index contributed by atoms with van der Waals surface area (Å²) < 4.78 is 4.48. The summed E-state index contributed by atoms with van der Waals surface area (Å²) in [6.45, 7) is 0.387. The highest BCUT2D eigenvalue weighted by Crippen LogP contribution is 2.27. The van der Waals surface area contributed by atoms with E-state index in [1.165, 1.54) is 32.8 Å². The van der Waals surface area contributed by atoms with Gasteiger partial charge < -0.3 is 10.1 Å². The fourth-order valence-corrected chi connectivity index (χ4v) is 1.95. The molecule has 1 saturated carbocycles. The molecule has 1 N–H and O–H groups in total. The van der Waals surface area contributed by atoms with E-state index in [2.05, 4.69) is 10.1 Å². The van der Waals surface area contributed by atoms with Crippen molar-refractivity contribution in [2.45, 2.75) is 38.5 Å². The molecule has 0 heterocycles. The third-order valence-corrected chi connectivity index (χ3v) is 2.83. The largest absolute Gasteiger partial charge is 0.469 e. The van der Waals surface area contributed by atoms with Gasteiger partial charge in [0.15, 0.2) is 0 Å². The molecule has 1 fully saturated rings. The Labute approximate surface area is 90.4 Å². The lowest BCUT2D eigenvalue weighted by molar-refractivity contribution is -0.140. The summed E-state index contributed by atoms with van der Waals surface area (Å²) in [4.78, 5) is 22.2. The van der Waals surface area contributed by atoms with Crippen LogP contribution in [0.15, 0.2) is 0 Å². The van der Waals surface area contributed by atoms with Crippen molar-refractivity contribution in [3.63, 3.8) is 0 Å². The van der Waals surface area contributed by atoms with Crippen LogP contribution >= 0.6 is 0 Å². The minimum atomic E-state index is -0.281. The lowest BCUT2D eigenvalue weighted by Gasteiger charge is -2.08. The van der Waals surface area contributed by atoms with Crippen molar-refractivity contribution in [2.24, 2.45) is 5.92 Å². The Morgan fingerprint density at radius 2 is 2.00 bits per heavy atom. The molecule has 0 unspecified atom stereocenters. The lowest BCUT2D eigenvalue weighted by Crippen LogP contribution is -2.27. The zero-order chi connectivity index (χ0) is 11.1. The summed E-state index contributed by atoms with van der Waals surface area (Å²) in [5, 5.41) is 2.74. The highest BCUT2D eigenvalue weighted by Gasteiger charge is 2.18. The van der Waals surface area contributed by atoms with E-state index < -0.39 is 0 Å². The average Bonchev–Trinajstić information content (AvgIpc) is 2.70. The molecular weight excluding hydrogens is 194 g/mol. The maximum Gasteiger partial charge on any atom is 0.307 e. The number of ether oxygens (including phenoxy) is 1. The average molecular weight is 213 g/mol. The van der Waals surface area contributed by atoms with Crippen LogP contribution in [0.1, 0.15) is 38.5 Å². The number of carbonyl (C=O) groups is 2. The number of hydrogen-bond donors (Lipinski definition) is 1. The molecule has 0 spiro atoms. The predicted octanol–water partition coefficient (Wildman–Crippen LogP) is 1.25. The van der Waals surface area contributed by atoms with Gasteiger partial charge >= 0.3 is 5.97 Å². The van der Waals surface area contributed by atoms with Crippen LogP contribution in [0.2, 0.25) is 0 Å². The van der Waals surface area contributed by atoms with Gasteiger partial charge in [0.25, 0.3) is 0 Å². The number of esters is 1. The zero-order valence-electron chi connectivity index (χ0n) is 9.25. The van der Waals surface area contributed by atoms with Gasteiger partial charge in [0.2, 0.25) is 5.91 Å². The van der Waals surface area contributed by atoms with Gasteiger partial charge in [-0.15, -0.1) is 0 Å². The van der Waals surface area contributed by atoms with Gasteiger partial charge in [0.05, 0.1) is 13.5 Å². The third kappa shape index (κ3) is 4.81. The number of nitrogens with one attached hydrogen (secondary N) is 1. The summed E-state index contributed by atoms with van der Waals surface area (Å²) in [6, 6.07) is 0. The summed E-state index contributed by atoms with van der Waals surface area (Å²) in [7, 11) is 1.35. The molecule has 0 aromatic rings. The Morgan fingerprint density at radius 1 is 1.33 bits per heavy atom. The van der Waals surface area contributed by atoms with Gasteiger partial charge in [-0.05, 0) is 18.8 Å². The SMILES string of the molecule is COC(=O)CCNC(=O)CC1CCCC1. The highest BCUT2D eigenvalue weighted by atomic mass is 16.5. The molecule has 0 aliphatic heterocycles. The maximum atomic E-state index is 11.4. The van der Waals surface area contributed by atoms with Crippen LogP contribution in [0.3, 0.4) is 0 Å². The zero-order valence-corrected chi connectivity index (χ0v) is 9.25. The van der Waals surface area contributed by atoms with Crippen molar-refractivity contribution in [1.82, 2.24) is 5.32 Å². The number of rotatable bonds is 5. The van der Waals surface area contributed by atoms with E-state index in [0.29, 0.717) is 18.9 Å². The fourth-order valence-electron chi connectivity index (χ4n) is 1.95. The second kappa shape index (κ2) is 6.43. The molecule has 1 aliphatic carbocycles. The van der Waals surface area contributed by atoms with E-state index in [1.807, 2.05) is 0 Å². The third-order valence-electron chi connectivity index (χ3n) is 2.83. The van der Waals surface area contributed by atoms with Gasteiger partial charge in [-0.25, -0.2) is 0 Å². The summed E-state index contributed by atoms with van der Waals surface area (Å²) >= 11 is 0. The predicted molar refractivity (Wildman–Crippen MR) is 56.2 cm³/mol. The van der Waals surface area contributed by atoms with E-state index in [1.54, 1.807) is 0 Å². The molecular formula is C11H19NO3. The fraction of sp³-hybridized carbons (Fsp3) is 0.818. The molecule has 4 heteroatoms. The van der Waals surface area contributed by atoms with Crippen molar-refractivity contribution in [3.8, 4) is 0 Å². The Balaban J connectivity index is 2.05. The number of hydrogen-bond acceptors (Lipinski definition) is 3.